The third-order valence-corrected chi connectivity index (χ3v) is 3.53. The van der Waals surface area contributed by atoms with Crippen LogP contribution in [0.1, 0.15) is 26.2 Å². The second-order valence-corrected chi connectivity index (χ2v) is 4.84. The fraction of sp³-hybridized carbons (Fsp3) is 0.750. The number of likely N-dealkylation sites (tertiary alicyclic amines) is 1. The molecule has 1 aliphatic heterocycles. The Morgan fingerprint density at radius 1 is 1.44 bits per heavy atom. The van der Waals surface area contributed by atoms with Gasteiger partial charge in [-0.3, -0.25) is 24.6 Å². The van der Waals surface area contributed by atoms with Crippen molar-refractivity contribution in [3.8, 4) is 0 Å². The van der Waals surface area contributed by atoms with Crippen molar-refractivity contribution in [2.75, 3.05) is 20.1 Å². The maximum Gasteiger partial charge on any atom is 0.246 e. The molecule has 1 aliphatic carbocycles. The molecule has 6 nitrogen and oxygen atoms in total. The third kappa shape index (κ3) is 2.53. The average Bonchev–Trinajstić information content (AvgIpc) is 3.13. The second kappa shape index (κ2) is 5.06. The lowest BCUT2D eigenvalue weighted by atomic mass is 10.2. The Labute approximate surface area is 106 Å². The first-order valence-corrected chi connectivity index (χ1v) is 6.37. The molecule has 2 fully saturated rings. The van der Waals surface area contributed by atoms with Gasteiger partial charge in [0.1, 0.15) is 0 Å². The monoisotopic (exact) mass is 253 g/mol. The van der Waals surface area contributed by atoms with Crippen LogP contribution >= 0.6 is 0 Å². The van der Waals surface area contributed by atoms with E-state index in [9.17, 15) is 14.4 Å². The standard InChI is InChI=1S/C12H19N3O3/c1-3-15(8-4-5-8)11(17)7-13-9-6-10(16)14(2)12(9)18/h8-9,13H,3-7H2,1-2H3. The van der Waals surface area contributed by atoms with Crippen molar-refractivity contribution in [3.05, 3.63) is 0 Å². The van der Waals surface area contributed by atoms with Gasteiger partial charge in [0.25, 0.3) is 0 Å². The summed E-state index contributed by atoms with van der Waals surface area (Å²) in [7, 11) is 1.47. The molecule has 2 rings (SSSR count). The molecule has 1 atom stereocenters. The first-order chi connectivity index (χ1) is 8.54. The molecule has 2 aliphatic rings. The summed E-state index contributed by atoms with van der Waals surface area (Å²) in [6.07, 6.45) is 2.30. The molecule has 0 aromatic heterocycles. The van der Waals surface area contributed by atoms with E-state index in [1.807, 2.05) is 11.8 Å². The Hall–Kier alpha value is -1.43. The van der Waals surface area contributed by atoms with Gasteiger partial charge in [-0.1, -0.05) is 0 Å². The third-order valence-electron chi connectivity index (χ3n) is 3.53. The van der Waals surface area contributed by atoms with Gasteiger partial charge in [0.2, 0.25) is 17.7 Å². The Morgan fingerprint density at radius 2 is 2.11 bits per heavy atom. The summed E-state index contributed by atoms with van der Waals surface area (Å²) in [6, 6.07) is -0.155. The summed E-state index contributed by atoms with van der Waals surface area (Å²) in [5, 5.41) is 2.89. The topological polar surface area (TPSA) is 69.7 Å². The van der Waals surface area contributed by atoms with Gasteiger partial charge < -0.3 is 4.90 Å². The normalized spacial score (nSPS) is 23.7. The van der Waals surface area contributed by atoms with Gasteiger partial charge in [0.05, 0.1) is 19.0 Å². The number of imide groups is 1. The molecule has 1 heterocycles. The largest absolute Gasteiger partial charge is 0.339 e. The van der Waals surface area contributed by atoms with Crippen molar-refractivity contribution >= 4 is 17.7 Å². The smallest absolute Gasteiger partial charge is 0.246 e. The summed E-state index contributed by atoms with van der Waals surface area (Å²) < 4.78 is 0. The van der Waals surface area contributed by atoms with Crippen LogP contribution < -0.4 is 5.32 Å². The summed E-state index contributed by atoms with van der Waals surface area (Å²) >= 11 is 0. The number of hydrogen-bond acceptors (Lipinski definition) is 4. The van der Waals surface area contributed by atoms with E-state index < -0.39 is 6.04 Å². The quantitative estimate of drug-likeness (QED) is 0.661. The van der Waals surface area contributed by atoms with E-state index in [1.54, 1.807) is 0 Å². The van der Waals surface area contributed by atoms with Crippen LogP contribution in [0.4, 0.5) is 0 Å². The summed E-state index contributed by atoms with van der Waals surface area (Å²) in [5.41, 5.74) is 0. The highest BCUT2D eigenvalue weighted by molar-refractivity contribution is 6.05. The molecule has 0 aromatic carbocycles. The first-order valence-electron chi connectivity index (χ1n) is 6.37. The van der Waals surface area contributed by atoms with E-state index in [4.69, 9.17) is 0 Å². The molecular formula is C12H19N3O3. The van der Waals surface area contributed by atoms with Crippen molar-refractivity contribution in [3.63, 3.8) is 0 Å². The van der Waals surface area contributed by atoms with Crippen LogP contribution in [0.3, 0.4) is 0 Å². The molecule has 3 amide bonds. The van der Waals surface area contributed by atoms with E-state index in [2.05, 4.69) is 5.32 Å². The summed E-state index contributed by atoms with van der Waals surface area (Å²) in [5.74, 6) is -0.434. The highest BCUT2D eigenvalue weighted by Gasteiger charge is 2.37. The summed E-state index contributed by atoms with van der Waals surface area (Å²) in [6.45, 7) is 2.78. The molecule has 0 radical (unpaired) electrons. The predicted molar refractivity (Wildman–Crippen MR) is 64.6 cm³/mol. The maximum atomic E-state index is 11.9. The zero-order chi connectivity index (χ0) is 13.3. The SMILES string of the molecule is CCN(C(=O)CNC1CC(=O)N(C)C1=O)C1CC1. The Bertz CT molecular complexity index is 379. The molecule has 0 spiro atoms. The van der Waals surface area contributed by atoms with Crippen molar-refractivity contribution in [2.24, 2.45) is 0 Å². The zero-order valence-corrected chi connectivity index (χ0v) is 10.8. The lowest BCUT2D eigenvalue weighted by Crippen LogP contribution is -2.45. The molecule has 6 heteroatoms. The minimum atomic E-state index is -0.538. The number of nitrogens with one attached hydrogen (secondary N) is 1. The van der Waals surface area contributed by atoms with Gasteiger partial charge in [0.15, 0.2) is 0 Å². The van der Waals surface area contributed by atoms with Crippen LogP contribution in [0.25, 0.3) is 0 Å². The van der Waals surface area contributed by atoms with E-state index in [-0.39, 0.29) is 30.7 Å². The highest BCUT2D eigenvalue weighted by atomic mass is 16.2. The molecule has 1 unspecified atom stereocenters. The van der Waals surface area contributed by atoms with Crippen LogP contribution in [-0.4, -0.2) is 59.7 Å². The van der Waals surface area contributed by atoms with Crippen molar-refractivity contribution < 1.29 is 14.4 Å². The molecule has 100 valence electrons. The van der Waals surface area contributed by atoms with Crippen LogP contribution in [0.2, 0.25) is 0 Å². The molecule has 0 bridgehead atoms. The van der Waals surface area contributed by atoms with Crippen molar-refractivity contribution in [2.45, 2.75) is 38.3 Å². The minimum absolute atomic E-state index is 0.00908. The Kier molecular flexibility index (Phi) is 3.65. The van der Waals surface area contributed by atoms with Crippen LogP contribution in [-0.2, 0) is 14.4 Å². The molecule has 18 heavy (non-hydrogen) atoms. The van der Waals surface area contributed by atoms with E-state index in [1.165, 1.54) is 7.05 Å². The van der Waals surface area contributed by atoms with Gasteiger partial charge in [-0.2, -0.15) is 0 Å². The molecule has 1 N–H and O–H groups in total. The van der Waals surface area contributed by atoms with Gasteiger partial charge in [-0.15, -0.1) is 0 Å². The van der Waals surface area contributed by atoms with Crippen LogP contribution in [0.5, 0.6) is 0 Å². The molecule has 1 saturated carbocycles. The Balaban J connectivity index is 1.82. The summed E-state index contributed by atoms with van der Waals surface area (Å²) in [4.78, 5) is 37.8. The van der Waals surface area contributed by atoms with Gasteiger partial charge in [0, 0.05) is 19.6 Å². The molecular weight excluding hydrogens is 234 g/mol. The first kappa shape index (κ1) is 13.0. The number of amides is 3. The number of nitrogens with zero attached hydrogens (tertiary/aromatic N) is 2. The Morgan fingerprint density at radius 3 is 2.56 bits per heavy atom. The molecule has 0 aromatic rings. The number of rotatable bonds is 5. The van der Waals surface area contributed by atoms with Gasteiger partial charge >= 0.3 is 0 Å². The van der Waals surface area contributed by atoms with Crippen LogP contribution in [0, 0.1) is 0 Å². The van der Waals surface area contributed by atoms with Gasteiger partial charge in [-0.05, 0) is 19.8 Å². The number of likely N-dealkylation sites (N-methyl/N-ethyl adjacent to an activating group) is 2. The van der Waals surface area contributed by atoms with E-state index in [0.29, 0.717) is 12.6 Å². The minimum Gasteiger partial charge on any atom is -0.339 e. The highest BCUT2D eigenvalue weighted by Crippen LogP contribution is 2.26. The predicted octanol–water partition coefficient (Wildman–Crippen LogP) is -0.656. The lowest BCUT2D eigenvalue weighted by Gasteiger charge is -2.21. The van der Waals surface area contributed by atoms with Crippen LogP contribution in [0.15, 0.2) is 0 Å². The van der Waals surface area contributed by atoms with Gasteiger partial charge in [-0.25, -0.2) is 0 Å². The maximum absolute atomic E-state index is 11.9. The second-order valence-electron chi connectivity index (χ2n) is 4.84. The number of carbonyl (C=O) groups is 3. The van der Waals surface area contributed by atoms with Crippen molar-refractivity contribution in [1.29, 1.82) is 0 Å². The average molecular weight is 253 g/mol. The number of carbonyl (C=O) groups excluding carboxylic acids is 3. The zero-order valence-electron chi connectivity index (χ0n) is 10.8. The van der Waals surface area contributed by atoms with Crippen molar-refractivity contribution in [1.82, 2.24) is 15.1 Å². The fourth-order valence-electron chi connectivity index (χ4n) is 2.25. The number of hydrogen-bond donors (Lipinski definition) is 1. The van der Waals surface area contributed by atoms with E-state index in [0.717, 1.165) is 17.7 Å². The lowest BCUT2D eigenvalue weighted by molar-refractivity contribution is -0.137. The van der Waals surface area contributed by atoms with E-state index >= 15 is 0 Å². The fourth-order valence-corrected chi connectivity index (χ4v) is 2.25. The molecule has 1 saturated heterocycles.